The molecule has 552 valence electrons. The molecular formula is C110H67N9. The van der Waals surface area contributed by atoms with Crippen LogP contribution >= 0.6 is 0 Å². The van der Waals surface area contributed by atoms with Gasteiger partial charge >= 0.3 is 0 Å². The van der Waals surface area contributed by atoms with Crippen LogP contribution in [0.15, 0.2) is 407 Å². The zero-order chi connectivity index (χ0) is 78.2. The van der Waals surface area contributed by atoms with Gasteiger partial charge in [-0.05, 0) is 144 Å². The Hall–Kier alpha value is -16.1. The predicted octanol–water partition coefficient (Wildman–Crippen LogP) is 28.4. The van der Waals surface area contributed by atoms with Crippen molar-refractivity contribution in [1.82, 2.24) is 43.6 Å². The molecule has 9 nitrogen and oxygen atoms in total. The maximum atomic E-state index is 4.74. The summed E-state index contributed by atoms with van der Waals surface area (Å²) in [6.07, 6.45) is 10.7. The number of benzene rings is 20. The molecule has 0 bridgehead atoms. The molecule has 0 saturated heterocycles. The van der Waals surface area contributed by atoms with Crippen LogP contribution in [-0.2, 0) is 0 Å². The molecule has 0 radical (unpaired) electrons. The molecule has 0 unspecified atom stereocenters. The highest BCUT2D eigenvalue weighted by atomic mass is 15.0. The zero-order valence-electron chi connectivity index (χ0n) is 64.2. The van der Waals surface area contributed by atoms with E-state index in [4.69, 9.17) is 24.9 Å². The van der Waals surface area contributed by atoms with Crippen LogP contribution in [0.3, 0.4) is 0 Å². The van der Waals surface area contributed by atoms with Gasteiger partial charge in [0.2, 0.25) is 0 Å². The van der Waals surface area contributed by atoms with Crippen LogP contribution in [0.4, 0.5) is 0 Å². The fourth-order valence-corrected chi connectivity index (χ4v) is 19.3. The molecule has 6 heterocycles. The Bertz CT molecular complexity index is 8160. The Morgan fingerprint density at radius 2 is 0.361 bits per heavy atom. The molecule has 26 aromatic rings. The van der Waals surface area contributed by atoms with E-state index in [1.165, 1.54) is 170 Å². The first-order valence-corrected chi connectivity index (χ1v) is 40.4. The Kier molecular flexibility index (Phi) is 15.5. The van der Waals surface area contributed by atoms with Gasteiger partial charge in [0, 0.05) is 118 Å². The monoisotopic (exact) mass is 1510 g/mol. The number of aromatic nitrogens is 9. The van der Waals surface area contributed by atoms with E-state index in [0.29, 0.717) is 0 Å². The third-order valence-corrected chi connectivity index (χ3v) is 24.4. The van der Waals surface area contributed by atoms with Crippen LogP contribution in [0.25, 0.3) is 235 Å². The molecule has 0 fully saturated rings. The molecule has 0 N–H and O–H groups in total. The fraction of sp³-hybridized carbons (Fsp3) is 0. The summed E-state index contributed by atoms with van der Waals surface area (Å²) in [6, 6.07) is 133. The highest BCUT2D eigenvalue weighted by molar-refractivity contribution is 6.27. The van der Waals surface area contributed by atoms with Crippen LogP contribution in [0.2, 0.25) is 0 Å². The third kappa shape index (κ3) is 10.6. The van der Waals surface area contributed by atoms with E-state index in [9.17, 15) is 0 Å². The fourth-order valence-electron chi connectivity index (χ4n) is 19.3. The second-order valence-corrected chi connectivity index (χ2v) is 30.7. The lowest BCUT2D eigenvalue weighted by Crippen LogP contribution is -1.97. The molecule has 0 spiro atoms. The lowest BCUT2D eigenvalue weighted by atomic mass is 9.93. The summed E-state index contributed by atoms with van der Waals surface area (Å²) in [7, 11) is 0. The summed E-state index contributed by atoms with van der Waals surface area (Å²) in [5.41, 5.74) is 23.7. The first-order valence-electron chi connectivity index (χ1n) is 40.4. The van der Waals surface area contributed by atoms with Gasteiger partial charge in [0.05, 0.1) is 83.3 Å². The maximum Gasteiger partial charge on any atom is 0.0971 e. The van der Waals surface area contributed by atoms with E-state index in [1.807, 2.05) is 0 Å². The number of hydrogen-bond acceptors (Lipinski definition) is 6. The Morgan fingerprint density at radius 3 is 0.731 bits per heavy atom. The lowest BCUT2D eigenvalue weighted by Gasteiger charge is -2.16. The van der Waals surface area contributed by atoms with Gasteiger partial charge in [0.1, 0.15) is 0 Å². The average Bonchev–Trinajstić information content (AvgIpc) is 1.36. The number of nitrogens with zero attached hydrogens (tertiary/aromatic N) is 9. The van der Waals surface area contributed by atoms with E-state index < -0.39 is 0 Å². The molecule has 9 heteroatoms. The van der Waals surface area contributed by atoms with Crippen LogP contribution in [0, 0.1) is 0 Å². The first-order chi connectivity index (χ1) is 59.1. The molecule has 0 aliphatic carbocycles. The number of fused-ring (bicyclic) bond motifs is 29. The van der Waals surface area contributed by atoms with Crippen molar-refractivity contribution in [3.8, 4) is 50.4 Å². The van der Waals surface area contributed by atoms with E-state index in [0.717, 1.165) is 65.4 Å². The smallest absolute Gasteiger partial charge is 0.0971 e. The second kappa shape index (κ2) is 27.3. The Labute approximate surface area is 681 Å². The van der Waals surface area contributed by atoms with Gasteiger partial charge in [-0.3, -0.25) is 29.9 Å². The number of rotatable bonds is 6. The quantitative estimate of drug-likeness (QED) is 0.154. The molecule has 26 rings (SSSR count). The van der Waals surface area contributed by atoms with Gasteiger partial charge < -0.3 is 13.7 Å². The highest BCUT2D eigenvalue weighted by Crippen LogP contribution is 2.46. The molecular weight excluding hydrogens is 1450 g/mol. The minimum atomic E-state index is 0.943. The average molecular weight is 1510 g/mol. The zero-order valence-corrected chi connectivity index (χ0v) is 64.2. The normalized spacial score (nSPS) is 11.9. The van der Waals surface area contributed by atoms with Crippen molar-refractivity contribution in [1.29, 1.82) is 0 Å². The van der Waals surface area contributed by atoms with Crippen molar-refractivity contribution >= 4 is 185 Å². The van der Waals surface area contributed by atoms with Gasteiger partial charge in [-0.1, -0.05) is 297 Å². The van der Waals surface area contributed by atoms with Crippen LogP contribution in [0.5, 0.6) is 0 Å². The third-order valence-electron chi connectivity index (χ3n) is 24.4. The molecule has 119 heavy (non-hydrogen) atoms. The molecule has 0 aliphatic rings. The first kappa shape index (κ1) is 67.4. The molecule has 0 atom stereocenters. The van der Waals surface area contributed by atoms with Gasteiger partial charge in [0.15, 0.2) is 0 Å². The Balaban J connectivity index is 0.000000102. The van der Waals surface area contributed by atoms with Crippen molar-refractivity contribution in [3.63, 3.8) is 0 Å². The van der Waals surface area contributed by atoms with Gasteiger partial charge in [0.25, 0.3) is 0 Å². The van der Waals surface area contributed by atoms with E-state index in [1.54, 1.807) is 37.2 Å². The largest absolute Gasteiger partial charge is 0.309 e. The van der Waals surface area contributed by atoms with Crippen molar-refractivity contribution < 1.29 is 0 Å². The number of para-hydroxylation sites is 7. The summed E-state index contributed by atoms with van der Waals surface area (Å²) >= 11 is 0. The maximum absolute atomic E-state index is 4.74. The van der Waals surface area contributed by atoms with E-state index in [2.05, 4.69) is 389 Å². The molecule has 20 aromatic carbocycles. The number of hydrogen-bond donors (Lipinski definition) is 0. The SMILES string of the molecule is c1cc(-n2c3ccccc3c3ccccc32)c2cccc(-c3ccc4c(c3)c3ccccc3c3nccnc43)c2c1.c1ccc(-n2c3ccccc3c3ccccc32)c(-c2ccc3c(c2)c2ccccc2c2nccnc32)c1.c1ccc2c(-n3c4ccccc4c4ccccc43)ccc(-c3ccc4c(c3)c3ccccc3c3nccnc43)c2c1. The summed E-state index contributed by atoms with van der Waals surface area (Å²) in [5, 5.41) is 26.5. The van der Waals surface area contributed by atoms with Crippen LogP contribution in [0.1, 0.15) is 0 Å². The van der Waals surface area contributed by atoms with Gasteiger partial charge in [-0.25, -0.2) is 0 Å². The summed E-state index contributed by atoms with van der Waals surface area (Å²) in [4.78, 5) is 28.3. The van der Waals surface area contributed by atoms with Crippen LogP contribution in [-0.4, -0.2) is 43.6 Å². The molecule has 0 saturated carbocycles. The van der Waals surface area contributed by atoms with Crippen molar-refractivity contribution in [3.05, 3.63) is 407 Å². The topological polar surface area (TPSA) is 92.1 Å². The molecule has 6 aromatic heterocycles. The summed E-state index contributed by atoms with van der Waals surface area (Å²) in [5.74, 6) is 0. The Morgan fingerprint density at radius 1 is 0.134 bits per heavy atom. The predicted molar refractivity (Wildman–Crippen MR) is 498 cm³/mol. The van der Waals surface area contributed by atoms with Gasteiger partial charge in [-0.15, -0.1) is 0 Å². The van der Waals surface area contributed by atoms with Crippen molar-refractivity contribution in [2.45, 2.75) is 0 Å². The molecule has 0 amide bonds. The van der Waals surface area contributed by atoms with E-state index in [-0.39, 0.29) is 0 Å². The summed E-state index contributed by atoms with van der Waals surface area (Å²) < 4.78 is 7.22. The molecule has 0 aliphatic heterocycles. The van der Waals surface area contributed by atoms with Crippen molar-refractivity contribution in [2.75, 3.05) is 0 Å². The van der Waals surface area contributed by atoms with Crippen molar-refractivity contribution in [2.24, 2.45) is 0 Å². The minimum Gasteiger partial charge on any atom is -0.309 e. The van der Waals surface area contributed by atoms with Gasteiger partial charge in [-0.2, -0.15) is 0 Å². The van der Waals surface area contributed by atoms with Crippen LogP contribution < -0.4 is 0 Å². The van der Waals surface area contributed by atoms with E-state index >= 15 is 0 Å². The second-order valence-electron chi connectivity index (χ2n) is 30.7. The lowest BCUT2D eigenvalue weighted by molar-refractivity contribution is 1.18. The minimum absolute atomic E-state index is 0.943. The summed E-state index contributed by atoms with van der Waals surface area (Å²) in [6.45, 7) is 0. The standard InChI is InChI=1S/2C38H23N3.C34H21N3/c1-3-11-28-26(9-1)25(19-20-36(28)41-34-15-7-5-12-29(34)30-13-6-8-16-35(30)41)24-17-18-32-33(23-24)27-10-2-4-14-31(27)37-38(32)40-22-21-39-37;1-2-12-31-27(9-1)33-23-24(19-20-32(33)38-37(31)39-21-22-40-38)25-13-7-15-28-26(25)14-8-18-36(28)41-34-16-5-3-10-29(34)30-11-4-6-17-35(30)41;1-2-13-27-24(10-1)29-21-22(17-18-28(29)34-33(27)35-19-20-36-34)23-9-3-6-14-30(23)37-31-15-7-4-11-25(31)26-12-5-8-16-32(26)37/h2*1-23H;1-21H. The highest BCUT2D eigenvalue weighted by Gasteiger charge is 2.23.